The second-order valence-corrected chi connectivity index (χ2v) is 7.51. The van der Waals surface area contributed by atoms with Crippen LogP contribution in [0.2, 0.25) is 0 Å². The second-order valence-electron chi connectivity index (χ2n) is 5.74. The molecule has 0 aliphatic carbocycles. The van der Waals surface area contributed by atoms with Gasteiger partial charge < -0.3 is 9.47 Å². The van der Waals surface area contributed by atoms with E-state index in [1.165, 1.54) is 4.57 Å². The van der Waals surface area contributed by atoms with Gasteiger partial charge in [0.1, 0.15) is 11.4 Å². The van der Waals surface area contributed by atoms with Crippen molar-refractivity contribution in [1.29, 1.82) is 0 Å². The molecule has 0 saturated heterocycles. The number of nitrogens with zero attached hydrogens (tertiary/aromatic N) is 1. The van der Waals surface area contributed by atoms with Crippen molar-refractivity contribution in [1.82, 2.24) is 4.57 Å². The van der Waals surface area contributed by atoms with Crippen molar-refractivity contribution in [3.8, 4) is 17.0 Å². The van der Waals surface area contributed by atoms with Gasteiger partial charge in [-0.3, -0.25) is 4.57 Å². The summed E-state index contributed by atoms with van der Waals surface area (Å²) in [5.74, 6) is 0.741. The van der Waals surface area contributed by atoms with Gasteiger partial charge in [-0.15, -0.1) is 0 Å². The number of carbonyl (C=O) groups excluding carboxylic acids is 1. The maximum absolute atomic E-state index is 12.4. The topological polar surface area (TPSA) is 40.5 Å². The summed E-state index contributed by atoms with van der Waals surface area (Å²) >= 11 is 6.93. The van der Waals surface area contributed by atoms with Gasteiger partial charge in [0, 0.05) is 20.7 Å². The van der Waals surface area contributed by atoms with Crippen LogP contribution in [0.3, 0.4) is 0 Å². The predicted molar refractivity (Wildman–Crippen MR) is 93.5 cm³/mol. The summed E-state index contributed by atoms with van der Waals surface area (Å²) in [6, 6.07) is 7.47. The highest BCUT2D eigenvalue weighted by Crippen LogP contribution is 2.34. The lowest BCUT2D eigenvalue weighted by Gasteiger charge is -2.20. The molecule has 0 aliphatic rings. The molecule has 2 aromatic rings. The minimum Gasteiger partial charge on any atom is -0.497 e. The van der Waals surface area contributed by atoms with Gasteiger partial charge in [0.25, 0.3) is 0 Å². The van der Waals surface area contributed by atoms with Crippen LogP contribution < -0.4 is 4.74 Å². The summed E-state index contributed by atoms with van der Waals surface area (Å²) in [6.07, 6.45) is 1.27. The summed E-state index contributed by atoms with van der Waals surface area (Å²) in [5, 5.41) is 0. The third-order valence-corrected chi connectivity index (χ3v) is 3.92. The largest absolute Gasteiger partial charge is 0.497 e. The number of halogens is 2. The lowest BCUT2D eigenvalue weighted by molar-refractivity contribution is 0.0540. The Hall–Kier alpha value is -1.27. The van der Waals surface area contributed by atoms with Gasteiger partial charge in [-0.1, -0.05) is 0 Å². The summed E-state index contributed by atoms with van der Waals surface area (Å²) in [5.41, 5.74) is 1.05. The van der Waals surface area contributed by atoms with E-state index in [0.29, 0.717) is 0 Å². The first-order valence-corrected chi connectivity index (χ1v) is 8.25. The third kappa shape index (κ3) is 3.93. The van der Waals surface area contributed by atoms with Crippen LogP contribution in [0.25, 0.3) is 11.3 Å². The Morgan fingerprint density at radius 2 is 1.86 bits per heavy atom. The molecule has 0 fully saturated rings. The fraction of sp³-hybridized carbons (Fsp3) is 0.312. The maximum atomic E-state index is 12.4. The van der Waals surface area contributed by atoms with Gasteiger partial charge in [-0.25, -0.2) is 4.79 Å². The Balaban J connectivity index is 2.47. The molecule has 1 heterocycles. The van der Waals surface area contributed by atoms with Crippen LogP contribution in [0.5, 0.6) is 5.75 Å². The van der Waals surface area contributed by atoms with Crippen molar-refractivity contribution in [3.63, 3.8) is 0 Å². The zero-order chi connectivity index (χ0) is 16.5. The average Bonchev–Trinajstić information content (AvgIpc) is 2.78. The number of aromatic nitrogens is 1. The molecule has 0 amide bonds. The predicted octanol–water partition coefficient (Wildman–Crippen LogP) is 5.47. The van der Waals surface area contributed by atoms with E-state index in [2.05, 4.69) is 31.9 Å². The Morgan fingerprint density at radius 3 is 2.41 bits per heavy atom. The quantitative estimate of drug-likeness (QED) is 0.633. The number of carbonyl (C=O) groups is 1. The monoisotopic (exact) mass is 429 g/mol. The zero-order valence-electron chi connectivity index (χ0n) is 12.8. The molecular weight excluding hydrogens is 414 g/mol. The summed E-state index contributed by atoms with van der Waals surface area (Å²) in [6.45, 7) is 5.52. The molecule has 0 spiro atoms. The first kappa shape index (κ1) is 17.1. The highest BCUT2D eigenvalue weighted by Gasteiger charge is 2.21. The van der Waals surface area contributed by atoms with Gasteiger partial charge in [-0.2, -0.15) is 0 Å². The highest BCUT2D eigenvalue weighted by atomic mass is 79.9. The molecule has 0 atom stereocenters. The van der Waals surface area contributed by atoms with E-state index in [9.17, 15) is 4.79 Å². The molecule has 0 aliphatic heterocycles. The number of hydrogen-bond acceptors (Lipinski definition) is 3. The molecule has 0 unspecified atom stereocenters. The van der Waals surface area contributed by atoms with Crippen LogP contribution in [0.4, 0.5) is 4.79 Å². The van der Waals surface area contributed by atoms with E-state index in [-0.39, 0.29) is 0 Å². The van der Waals surface area contributed by atoms with E-state index in [0.717, 1.165) is 26.0 Å². The van der Waals surface area contributed by atoms with E-state index in [1.807, 2.05) is 45.0 Å². The van der Waals surface area contributed by atoms with Crippen molar-refractivity contribution >= 4 is 38.0 Å². The number of benzene rings is 1. The first-order valence-electron chi connectivity index (χ1n) is 6.66. The maximum Gasteiger partial charge on any atom is 0.419 e. The molecule has 0 N–H and O–H groups in total. The first-order chi connectivity index (χ1) is 10.2. The average molecular weight is 431 g/mol. The van der Waals surface area contributed by atoms with E-state index in [4.69, 9.17) is 9.47 Å². The molecule has 1 aromatic heterocycles. The Morgan fingerprint density at radius 1 is 1.18 bits per heavy atom. The Bertz CT molecular complexity index is 702. The summed E-state index contributed by atoms with van der Waals surface area (Å²) in [7, 11) is 1.61. The van der Waals surface area contributed by atoms with Crippen LogP contribution in [0.15, 0.2) is 39.4 Å². The Kier molecular flexibility index (Phi) is 5.02. The Labute approximate surface area is 146 Å². The smallest absolute Gasteiger partial charge is 0.419 e. The van der Waals surface area contributed by atoms with Gasteiger partial charge >= 0.3 is 6.09 Å². The number of rotatable bonds is 2. The molecule has 1 aromatic carbocycles. The van der Waals surface area contributed by atoms with Crippen molar-refractivity contribution in [2.75, 3.05) is 7.11 Å². The normalized spacial score (nSPS) is 11.4. The van der Waals surface area contributed by atoms with Gasteiger partial charge in [-0.05, 0) is 76.9 Å². The lowest BCUT2D eigenvalue weighted by atomic mass is 10.1. The molecule has 0 bridgehead atoms. The highest BCUT2D eigenvalue weighted by molar-refractivity contribution is 9.10. The van der Waals surface area contributed by atoms with Gasteiger partial charge in [0.05, 0.1) is 12.8 Å². The summed E-state index contributed by atoms with van der Waals surface area (Å²) in [4.78, 5) is 12.4. The fourth-order valence-corrected chi connectivity index (χ4v) is 2.91. The van der Waals surface area contributed by atoms with Crippen molar-refractivity contribution < 1.29 is 14.3 Å². The molecule has 6 heteroatoms. The molecule has 118 valence electrons. The molecule has 4 nitrogen and oxygen atoms in total. The molecule has 0 radical (unpaired) electrons. The van der Waals surface area contributed by atoms with Gasteiger partial charge in [0.2, 0.25) is 0 Å². The van der Waals surface area contributed by atoms with E-state index >= 15 is 0 Å². The molecule has 2 rings (SSSR count). The standard InChI is InChI=1S/C16H17Br2NO3/c1-16(2,3)22-15(20)19-9-10(17)7-14(19)12-6-5-11(21-4)8-13(12)18/h5-9H,1-4H3. The SMILES string of the molecule is COc1ccc(-c2cc(Br)cn2C(=O)OC(C)(C)C)c(Br)c1. The van der Waals surface area contributed by atoms with Crippen LogP contribution in [-0.4, -0.2) is 23.4 Å². The third-order valence-electron chi connectivity index (χ3n) is 2.83. The lowest BCUT2D eigenvalue weighted by Crippen LogP contribution is -2.27. The van der Waals surface area contributed by atoms with Crippen LogP contribution in [0.1, 0.15) is 20.8 Å². The fourth-order valence-electron chi connectivity index (χ4n) is 1.93. The van der Waals surface area contributed by atoms with Crippen LogP contribution in [-0.2, 0) is 4.74 Å². The molecular formula is C16H17Br2NO3. The minimum atomic E-state index is -0.553. The zero-order valence-corrected chi connectivity index (χ0v) is 16.0. The van der Waals surface area contributed by atoms with Crippen molar-refractivity contribution in [2.45, 2.75) is 26.4 Å². The van der Waals surface area contributed by atoms with Crippen LogP contribution >= 0.6 is 31.9 Å². The van der Waals surface area contributed by atoms with Gasteiger partial charge in [0.15, 0.2) is 0 Å². The molecule has 22 heavy (non-hydrogen) atoms. The number of hydrogen-bond donors (Lipinski definition) is 0. The summed E-state index contributed by atoms with van der Waals surface area (Å²) < 4.78 is 13.8. The second kappa shape index (κ2) is 6.46. The van der Waals surface area contributed by atoms with E-state index in [1.54, 1.807) is 13.3 Å². The molecule has 0 saturated carbocycles. The number of methoxy groups -OCH3 is 1. The minimum absolute atomic E-state index is 0.420. The van der Waals surface area contributed by atoms with Crippen molar-refractivity contribution in [2.24, 2.45) is 0 Å². The van der Waals surface area contributed by atoms with Crippen LogP contribution in [0, 0.1) is 0 Å². The van der Waals surface area contributed by atoms with E-state index < -0.39 is 11.7 Å². The number of ether oxygens (including phenoxy) is 2. The van der Waals surface area contributed by atoms with Crippen molar-refractivity contribution in [3.05, 3.63) is 39.4 Å².